The van der Waals surface area contributed by atoms with E-state index in [4.69, 9.17) is 10.2 Å². The van der Waals surface area contributed by atoms with Crippen molar-refractivity contribution >= 4 is 23.1 Å². The molecule has 2 heterocycles. The van der Waals surface area contributed by atoms with Gasteiger partial charge in [-0.25, -0.2) is 4.79 Å². The summed E-state index contributed by atoms with van der Waals surface area (Å²) >= 11 is 0. The molecular formula is C23H19N5O6. The van der Waals surface area contributed by atoms with Crippen molar-refractivity contribution in [1.29, 1.82) is 0 Å². The predicted molar refractivity (Wildman–Crippen MR) is 124 cm³/mol. The first kappa shape index (κ1) is 22.3. The Morgan fingerprint density at radius 3 is 2.44 bits per heavy atom. The van der Waals surface area contributed by atoms with Crippen LogP contribution in [0.2, 0.25) is 0 Å². The second-order valence-electron chi connectivity index (χ2n) is 7.31. The van der Waals surface area contributed by atoms with Crippen LogP contribution in [0.15, 0.2) is 87.0 Å². The van der Waals surface area contributed by atoms with Crippen LogP contribution in [-0.4, -0.2) is 20.4 Å². The number of rotatable bonds is 7. The lowest BCUT2D eigenvalue weighted by molar-refractivity contribution is -0.385. The van der Waals surface area contributed by atoms with E-state index >= 15 is 0 Å². The number of furan rings is 1. The third-order valence-corrected chi connectivity index (χ3v) is 5.14. The first-order valence-electron chi connectivity index (χ1n) is 10.1. The fourth-order valence-electron chi connectivity index (χ4n) is 3.53. The standard InChI is InChI=1S/C23H19N5O6/c24-20-19(21(29)25-23(31)27(20)13-15-7-2-1-3-8-15)26(14-16-9-6-12-34-16)22(30)17-10-4-5-11-18(17)28(32)33/h1-12H,13-14,24H2,(H,25,29,31). The first-order valence-corrected chi connectivity index (χ1v) is 10.1. The summed E-state index contributed by atoms with van der Waals surface area (Å²) in [5.74, 6) is -0.826. The highest BCUT2D eigenvalue weighted by Gasteiger charge is 2.30. The number of hydrogen-bond donors (Lipinski definition) is 2. The van der Waals surface area contributed by atoms with Gasteiger partial charge in [-0.3, -0.25) is 34.2 Å². The van der Waals surface area contributed by atoms with Gasteiger partial charge in [0.15, 0.2) is 5.69 Å². The summed E-state index contributed by atoms with van der Waals surface area (Å²) in [6.45, 7) is -0.224. The van der Waals surface area contributed by atoms with E-state index in [2.05, 4.69) is 4.98 Å². The maximum atomic E-state index is 13.5. The number of amides is 1. The average molecular weight is 461 g/mol. The maximum Gasteiger partial charge on any atom is 0.330 e. The summed E-state index contributed by atoms with van der Waals surface area (Å²) < 4.78 is 6.45. The zero-order valence-corrected chi connectivity index (χ0v) is 17.7. The number of nitro groups is 1. The van der Waals surface area contributed by atoms with Crippen molar-refractivity contribution in [1.82, 2.24) is 9.55 Å². The number of nitrogens with two attached hydrogens (primary N) is 1. The van der Waals surface area contributed by atoms with Gasteiger partial charge in [-0.1, -0.05) is 42.5 Å². The number of H-pyrrole nitrogens is 1. The van der Waals surface area contributed by atoms with Crippen LogP contribution in [0.25, 0.3) is 0 Å². The molecule has 4 aromatic rings. The maximum absolute atomic E-state index is 13.5. The summed E-state index contributed by atoms with van der Waals surface area (Å²) in [7, 11) is 0. The average Bonchev–Trinajstić information content (AvgIpc) is 3.34. The quantitative estimate of drug-likeness (QED) is 0.316. The molecular weight excluding hydrogens is 442 g/mol. The number of nitrogen functional groups attached to an aromatic ring is 1. The van der Waals surface area contributed by atoms with Gasteiger partial charge < -0.3 is 10.2 Å². The van der Waals surface area contributed by atoms with E-state index in [1.807, 2.05) is 6.07 Å². The Labute approximate surface area is 191 Å². The highest BCUT2D eigenvalue weighted by Crippen LogP contribution is 2.26. The van der Waals surface area contributed by atoms with Crippen LogP contribution in [0.1, 0.15) is 21.7 Å². The molecule has 0 bridgehead atoms. The SMILES string of the molecule is Nc1c(N(Cc2ccco2)C(=O)c2ccccc2[N+](=O)[O-])c(=O)[nH]c(=O)n1Cc1ccccc1. The Morgan fingerprint density at radius 2 is 1.76 bits per heavy atom. The third kappa shape index (κ3) is 4.35. The number of carbonyl (C=O) groups is 1. The van der Waals surface area contributed by atoms with Gasteiger partial charge >= 0.3 is 5.69 Å². The number of nitro benzene ring substituents is 1. The molecule has 0 aliphatic carbocycles. The van der Waals surface area contributed by atoms with Gasteiger partial charge in [-0.05, 0) is 23.8 Å². The summed E-state index contributed by atoms with van der Waals surface area (Å²) in [5.41, 5.74) is 4.31. The Bertz CT molecular complexity index is 1460. The number of aromatic amines is 1. The molecule has 0 saturated carbocycles. The van der Waals surface area contributed by atoms with E-state index < -0.39 is 27.8 Å². The van der Waals surface area contributed by atoms with Gasteiger partial charge in [0, 0.05) is 6.07 Å². The van der Waals surface area contributed by atoms with Crippen LogP contribution in [0.4, 0.5) is 17.2 Å². The minimum Gasteiger partial charge on any atom is -0.467 e. The van der Waals surface area contributed by atoms with Crippen molar-refractivity contribution in [3.63, 3.8) is 0 Å². The normalized spacial score (nSPS) is 10.7. The van der Waals surface area contributed by atoms with E-state index in [9.17, 15) is 24.5 Å². The van der Waals surface area contributed by atoms with Crippen molar-refractivity contribution in [2.45, 2.75) is 13.1 Å². The van der Waals surface area contributed by atoms with Gasteiger partial charge in [0.25, 0.3) is 17.2 Å². The molecule has 0 aliphatic heterocycles. The lowest BCUT2D eigenvalue weighted by atomic mass is 10.1. The molecule has 0 spiro atoms. The molecule has 0 unspecified atom stereocenters. The molecule has 34 heavy (non-hydrogen) atoms. The monoisotopic (exact) mass is 461 g/mol. The topological polar surface area (TPSA) is 157 Å². The number of para-hydroxylation sites is 1. The van der Waals surface area contributed by atoms with E-state index in [0.717, 1.165) is 15.0 Å². The molecule has 0 radical (unpaired) electrons. The number of nitrogens with one attached hydrogen (secondary N) is 1. The summed E-state index contributed by atoms with van der Waals surface area (Å²) in [6, 6.07) is 17.4. The van der Waals surface area contributed by atoms with Crippen molar-refractivity contribution in [2.75, 3.05) is 10.6 Å². The van der Waals surface area contributed by atoms with Crippen LogP contribution in [0.5, 0.6) is 0 Å². The zero-order valence-electron chi connectivity index (χ0n) is 17.7. The van der Waals surface area contributed by atoms with Crippen molar-refractivity contribution in [3.05, 3.63) is 121 Å². The summed E-state index contributed by atoms with van der Waals surface area (Å²) in [5, 5.41) is 11.5. The lowest BCUT2D eigenvalue weighted by Crippen LogP contribution is -2.41. The lowest BCUT2D eigenvalue weighted by Gasteiger charge is -2.24. The Kier molecular flexibility index (Phi) is 6.08. The van der Waals surface area contributed by atoms with Gasteiger partial charge in [-0.15, -0.1) is 0 Å². The Hall–Kier alpha value is -4.93. The number of carbonyl (C=O) groups excluding carboxylic acids is 1. The minimum absolute atomic E-state index is 0.0313. The molecule has 0 saturated heterocycles. The number of benzene rings is 2. The van der Waals surface area contributed by atoms with Crippen LogP contribution in [0.3, 0.4) is 0 Å². The molecule has 2 aromatic carbocycles. The molecule has 0 fully saturated rings. The number of nitrogens with zero attached hydrogens (tertiary/aromatic N) is 3. The zero-order chi connectivity index (χ0) is 24.2. The largest absolute Gasteiger partial charge is 0.467 e. The van der Waals surface area contributed by atoms with Crippen molar-refractivity contribution < 1.29 is 14.1 Å². The second kappa shape index (κ2) is 9.28. The van der Waals surface area contributed by atoms with Gasteiger partial charge in [-0.2, -0.15) is 0 Å². The van der Waals surface area contributed by atoms with Crippen LogP contribution >= 0.6 is 0 Å². The summed E-state index contributed by atoms with van der Waals surface area (Å²) in [6.07, 6.45) is 1.38. The van der Waals surface area contributed by atoms with Gasteiger partial charge in [0.2, 0.25) is 0 Å². The van der Waals surface area contributed by atoms with E-state index in [1.54, 1.807) is 36.4 Å². The van der Waals surface area contributed by atoms with E-state index in [0.29, 0.717) is 5.76 Å². The molecule has 4 rings (SSSR count). The predicted octanol–water partition coefficient (Wildman–Crippen LogP) is 2.52. The number of aromatic nitrogens is 2. The number of anilines is 2. The molecule has 1 amide bonds. The molecule has 172 valence electrons. The van der Waals surface area contributed by atoms with Gasteiger partial charge in [0.05, 0.1) is 24.3 Å². The number of hydrogen-bond acceptors (Lipinski definition) is 7. The fourth-order valence-corrected chi connectivity index (χ4v) is 3.53. The fraction of sp³-hybridized carbons (Fsp3) is 0.0870. The van der Waals surface area contributed by atoms with Crippen LogP contribution < -0.4 is 21.9 Å². The molecule has 11 nitrogen and oxygen atoms in total. The first-order chi connectivity index (χ1) is 16.4. The molecule has 3 N–H and O–H groups in total. The highest BCUT2D eigenvalue weighted by molar-refractivity contribution is 6.09. The molecule has 2 aromatic heterocycles. The minimum atomic E-state index is -0.912. The summed E-state index contributed by atoms with van der Waals surface area (Å²) in [4.78, 5) is 53.0. The van der Waals surface area contributed by atoms with Crippen LogP contribution in [-0.2, 0) is 13.1 Å². The van der Waals surface area contributed by atoms with Crippen LogP contribution in [0, 0.1) is 10.1 Å². The van der Waals surface area contributed by atoms with Crippen molar-refractivity contribution in [3.8, 4) is 0 Å². The second-order valence-corrected chi connectivity index (χ2v) is 7.31. The smallest absolute Gasteiger partial charge is 0.330 e. The Balaban J connectivity index is 1.88. The Morgan fingerprint density at radius 1 is 1.06 bits per heavy atom. The van der Waals surface area contributed by atoms with Crippen molar-refractivity contribution in [2.24, 2.45) is 0 Å². The van der Waals surface area contributed by atoms with E-state index in [-0.39, 0.29) is 30.2 Å². The molecule has 0 atom stereocenters. The van der Waals surface area contributed by atoms with Gasteiger partial charge in [0.1, 0.15) is 17.1 Å². The molecule has 11 heteroatoms. The highest BCUT2D eigenvalue weighted by atomic mass is 16.6. The van der Waals surface area contributed by atoms with E-state index in [1.165, 1.54) is 30.5 Å². The molecule has 0 aliphatic rings. The third-order valence-electron chi connectivity index (χ3n) is 5.14.